The Morgan fingerprint density at radius 2 is 1.57 bits per heavy atom. The number of benzene rings is 2. The van der Waals surface area contributed by atoms with Crippen LogP contribution in [0.5, 0.6) is 0 Å². The summed E-state index contributed by atoms with van der Waals surface area (Å²) in [6.07, 6.45) is 6.77. The van der Waals surface area contributed by atoms with Crippen molar-refractivity contribution in [3.8, 4) is 0 Å². The molecule has 0 aliphatic carbocycles. The van der Waals surface area contributed by atoms with Gasteiger partial charge in [-0.2, -0.15) is 13.2 Å². The van der Waals surface area contributed by atoms with Crippen LogP contribution in [-0.4, -0.2) is 48.5 Å². The number of nitrogens with one attached hydrogen (secondary N) is 1. The van der Waals surface area contributed by atoms with Crippen LogP contribution in [0.4, 0.5) is 24.5 Å². The van der Waals surface area contributed by atoms with E-state index >= 15 is 0 Å². The molecule has 2 heterocycles. The van der Waals surface area contributed by atoms with Gasteiger partial charge in [-0.15, -0.1) is 0 Å². The molecule has 1 N–H and O–H groups in total. The van der Waals surface area contributed by atoms with Crippen LogP contribution in [0.3, 0.4) is 0 Å². The fraction of sp³-hybridized carbons (Fsp3) is 0.552. The van der Waals surface area contributed by atoms with Gasteiger partial charge < -0.3 is 15.1 Å². The molecule has 2 saturated heterocycles. The predicted molar refractivity (Wildman–Crippen MR) is 148 cm³/mol. The number of likely N-dealkylation sites (tertiary alicyclic amines) is 1. The van der Waals surface area contributed by atoms with E-state index in [4.69, 9.17) is 0 Å². The molecule has 0 saturated carbocycles. The fourth-order valence-corrected chi connectivity index (χ4v) is 5.74. The zero-order valence-corrected chi connectivity index (χ0v) is 21.7. The highest BCUT2D eigenvalue weighted by Gasteiger charge is 2.29. The van der Waals surface area contributed by atoms with E-state index in [0.717, 1.165) is 57.5 Å². The van der Waals surface area contributed by atoms with Crippen molar-refractivity contribution in [2.75, 3.05) is 36.4 Å². The molecule has 0 atom stereocenters. The van der Waals surface area contributed by atoms with Crippen LogP contribution >= 0.6 is 11.8 Å². The van der Waals surface area contributed by atoms with E-state index in [2.05, 4.69) is 41.4 Å². The Balaban J connectivity index is 0.00000380. The Morgan fingerprint density at radius 3 is 2.16 bits per heavy atom. The third-order valence-electron chi connectivity index (χ3n) is 7.32. The van der Waals surface area contributed by atoms with Crippen molar-refractivity contribution in [2.24, 2.45) is 5.92 Å². The molecule has 0 aromatic heterocycles. The first-order chi connectivity index (χ1) is 17.2. The first-order valence-corrected chi connectivity index (χ1v) is 13.8. The van der Waals surface area contributed by atoms with Crippen LogP contribution in [0.1, 0.15) is 57.9 Å². The van der Waals surface area contributed by atoms with E-state index in [-0.39, 0.29) is 36.0 Å². The molecule has 37 heavy (non-hydrogen) atoms. The quantitative estimate of drug-likeness (QED) is 0.351. The van der Waals surface area contributed by atoms with Gasteiger partial charge >= 0.3 is 5.51 Å². The summed E-state index contributed by atoms with van der Waals surface area (Å²) in [5, 5.41) is 3.40. The molecular formula is C29H40F3N3OS. The molecule has 0 radical (unpaired) electrons. The number of nitrogens with zero attached hydrogens (tertiary/aromatic N) is 2. The van der Waals surface area contributed by atoms with Crippen LogP contribution in [-0.2, 0) is 4.79 Å². The first-order valence-electron chi connectivity index (χ1n) is 13.0. The zero-order chi connectivity index (χ0) is 25.5. The molecule has 2 aromatic rings. The summed E-state index contributed by atoms with van der Waals surface area (Å²) in [5.74, 6) is 0.953. The molecule has 2 aliphatic rings. The maximum absolute atomic E-state index is 12.7. The molecule has 4 nitrogen and oxygen atoms in total. The summed E-state index contributed by atoms with van der Waals surface area (Å²) in [6.45, 7) is 5.75. The van der Waals surface area contributed by atoms with Gasteiger partial charge in [-0.3, -0.25) is 4.79 Å². The average molecular weight is 536 g/mol. The monoisotopic (exact) mass is 535 g/mol. The van der Waals surface area contributed by atoms with Crippen LogP contribution in [0.15, 0.2) is 53.4 Å². The highest BCUT2D eigenvalue weighted by Crippen LogP contribution is 2.37. The number of piperidine rings is 2. The van der Waals surface area contributed by atoms with E-state index in [1.807, 2.05) is 4.90 Å². The summed E-state index contributed by atoms with van der Waals surface area (Å²) < 4.78 is 37.5. The fourth-order valence-electron chi connectivity index (χ4n) is 5.20. The lowest BCUT2D eigenvalue weighted by Gasteiger charge is -2.34. The minimum Gasteiger partial charge on any atom is -0.382 e. The van der Waals surface area contributed by atoms with Crippen molar-refractivity contribution < 1.29 is 18.0 Å². The molecule has 0 unspecified atom stereocenters. The number of alkyl halides is 3. The van der Waals surface area contributed by atoms with Crippen molar-refractivity contribution in [3.63, 3.8) is 0 Å². The third kappa shape index (κ3) is 9.16. The second-order valence-electron chi connectivity index (χ2n) is 10.0. The smallest absolute Gasteiger partial charge is 0.382 e. The topological polar surface area (TPSA) is 35.6 Å². The molecule has 0 bridgehead atoms. The normalized spacial score (nSPS) is 17.4. The average Bonchev–Trinajstić information content (AvgIpc) is 2.86. The lowest BCUT2D eigenvalue weighted by Crippen LogP contribution is -2.42. The van der Waals surface area contributed by atoms with E-state index in [9.17, 15) is 18.0 Å². The van der Waals surface area contributed by atoms with Crippen molar-refractivity contribution in [1.82, 2.24) is 4.90 Å². The van der Waals surface area contributed by atoms with Gasteiger partial charge in [0.05, 0.1) is 0 Å². The lowest BCUT2D eigenvalue weighted by atomic mass is 9.91. The maximum Gasteiger partial charge on any atom is 0.446 e. The van der Waals surface area contributed by atoms with Crippen LogP contribution in [0.2, 0.25) is 0 Å². The van der Waals surface area contributed by atoms with Gasteiger partial charge in [0.2, 0.25) is 5.91 Å². The molecular weight excluding hydrogens is 495 g/mol. The van der Waals surface area contributed by atoms with Gasteiger partial charge in [0.1, 0.15) is 0 Å². The highest BCUT2D eigenvalue weighted by atomic mass is 32.2. The number of carbonyl (C=O) groups excluding carboxylic acids is 1. The summed E-state index contributed by atoms with van der Waals surface area (Å²) >= 11 is -0.100. The van der Waals surface area contributed by atoms with E-state index in [0.29, 0.717) is 12.3 Å². The molecule has 0 spiro atoms. The second kappa shape index (κ2) is 13.4. The van der Waals surface area contributed by atoms with Crippen molar-refractivity contribution >= 4 is 29.0 Å². The number of anilines is 2. The van der Waals surface area contributed by atoms with Crippen LogP contribution in [0, 0.1) is 12.8 Å². The number of halogens is 3. The van der Waals surface area contributed by atoms with Crippen molar-refractivity contribution in [3.05, 3.63) is 54.1 Å². The number of amides is 1. The maximum atomic E-state index is 12.7. The molecule has 1 amide bonds. The standard InChI is InChI=1S/C28H36F3N3OS.CH4/c1-21-5-9-25(10-6-21)33-17-13-22(14-18-33)3-2-4-27(35)34-19-15-24(16-20-34)32-23-7-11-26(12-8-23)36-28(29,30)31;/h5-12,22,24,32H,2-4,13-20H2,1H3;1H4. The first kappa shape index (κ1) is 29.2. The minimum absolute atomic E-state index is 0. The Morgan fingerprint density at radius 1 is 0.946 bits per heavy atom. The second-order valence-corrected chi connectivity index (χ2v) is 11.2. The Labute approximate surface area is 224 Å². The molecule has 2 fully saturated rings. The van der Waals surface area contributed by atoms with E-state index in [1.165, 1.54) is 36.2 Å². The largest absolute Gasteiger partial charge is 0.446 e. The van der Waals surface area contributed by atoms with Gasteiger partial charge in [0, 0.05) is 54.9 Å². The number of thioether (sulfide) groups is 1. The Bertz CT molecular complexity index is 965. The van der Waals surface area contributed by atoms with Crippen molar-refractivity contribution in [1.29, 1.82) is 0 Å². The third-order valence-corrected chi connectivity index (χ3v) is 8.06. The van der Waals surface area contributed by atoms with E-state index in [1.54, 1.807) is 12.1 Å². The summed E-state index contributed by atoms with van der Waals surface area (Å²) in [5.41, 5.74) is -0.854. The molecule has 2 aromatic carbocycles. The SMILES string of the molecule is C.Cc1ccc(N2CCC(CCCC(=O)N3CCC(Nc4ccc(SC(F)(F)F)cc4)CC3)CC2)cc1. The Hall–Kier alpha value is -2.35. The number of hydrogen-bond donors (Lipinski definition) is 1. The van der Waals surface area contributed by atoms with Gasteiger partial charge in [0.25, 0.3) is 0 Å². The molecule has 8 heteroatoms. The van der Waals surface area contributed by atoms with Crippen LogP contribution < -0.4 is 10.2 Å². The molecule has 2 aliphatic heterocycles. The van der Waals surface area contributed by atoms with Gasteiger partial charge in [-0.25, -0.2) is 0 Å². The summed E-state index contributed by atoms with van der Waals surface area (Å²) in [7, 11) is 0. The Kier molecular flexibility index (Phi) is 10.6. The lowest BCUT2D eigenvalue weighted by molar-refractivity contribution is -0.132. The van der Waals surface area contributed by atoms with Gasteiger partial charge in [0.15, 0.2) is 0 Å². The number of aryl methyl sites for hydroxylation is 1. The zero-order valence-electron chi connectivity index (χ0n) is 20.9. The number of carbonyl (C=O) groups is 1. The molecule has 204 valence electrons. The summed E-state index contributed by atoms with van der Waals surface area (Å²) in [4.78, 5) is 17.4. The van der Waals surface area contributed by atoms with Crippen molar-refractivity contribution in [2.45, 2.75) is 75.7 Å². The van der Waals surface area contributed by atoms with Crippen LogP contribution in [0.25, 0.3) is 0 Å². The molecule has 4 rings (SSSR count). The summed E-state index contributed by atoms with van der Waals surface area (Å²) in [6, 6.07) is 15.4. The predicted octanol–water partition coefficient (Wildman–Crippen LogP) is 7.73. The minimum atomic E-state index is -4.27. The van der Waals surface area contributed by atoms with Gasteiger partial charge in [-0.05, 0) is 99.5 Å². The van der Waals surface area contributed by atoms with E-state index < -0.39 is 5.51 Å². The van der Waals surface area contributed by atoms with Gasteiger partial charge in [-0.1, -0.05) is 25.1 Å². The number of rotatable bonds is 8. The highest BCUT2D eigenvalue weighted by molar-refractivity contribution is 8.00. The number of hydrogen-bond acceptors (Lipinski definition) is 4.